The van der Waals surface area contributed by atoms with Gasteiger partial charge in [-0.05, 0) is 76.5 Å². The number of esters is 1. The molecule has 0 aromatic heterocycles. The Morgan fingerprint density at radius 2 is 1.83 bits per heavy atom. The van der Waals surface area contributed by atoms with E-state index < -0.39 is 81.7 Å². The van der Waals surface area contributed by atoms with Gasteiger partial charge in [-0.15, -0.1) is 0 Å². The summed E-state index contributed by atoms with van der Waals surface area (Å²) in [6.07, 6.45) is 0.249. The van der Waals surface area contributed by atoms with Gasteiger partial charge >= 0.3 is 5.97 Å². The Balaban J connectivity index is 1.72. The van der Waals surface area contributed by atoms with E-state index in [0.29, 0.717) is 0 Å². The molecule has 0 spiro atoms. The van der Waals surface area contributed by atoms with E-state index in [2.05, 4.69) is 0 Å². The largest absolute Gasteiger partial charge is 0.457 e. The van der Waals surface area contributed by atoms with Crippen LogP contribution in [0.25, 0.3) is 0 Å². The van der Waals surface area contributed by atoms with E-state index in [9.17, 15) is 24.6 Å². The molecule has 6 nitrogen and oxygen atoms in total. The second kappa shape index (κ2) is 7.78. The standard InChI is InChI=1S/C27H36F2O6/c1-14-9-16-17-11-19(28)18-10-15(30)7-8-24(18,5)26(17,29)20(31)12-25(16,6)27(14,34)21(32)13-35-22(33)23(2,3)4/h7-8,10,14,16-17,19-20,31,34H,9,11-13H2,1-6H3/t14?,16-,17+,19?,20?,24+,25+,26+,27+/m1/s1. The third-order valence-electron chi connectivity index (χ3n) is 9.58. The molecule has 194 valence electrons. The Labute approximate surface area is 204 Å². The van der Waals surface area contributed by atoms with Gasteiger partial charge in [-0.3, -0.25) is 14.4 Å². The quantitative estimate of drug-likeness (QED) is 0.583. The molecular formula is C27H36F2O6. The van der Waals surface area contributed by atoms with Gasteiger partial charge in [-0.1, -0.05) is 19.9 Å². The Morgan fingerprint density at radius 3 is 2.43 bits per heavy atom. The van der Waals surface area contributed by atoms with E-state index in [4.69, 9.17) is 4.74 Å². The zero-order chi connectivity index (χ0) is 26.4. The number of hydrogen-bond donors (Lipinski definition) is 2. The Morgan fingerprint density at radius 1 is 1.20 bits per heavy atom. The Hall–Kier alpha value is -1.93. The third kappa shape index (κ3) is 3.28. The first-order valence-electron chi connectivity index (χ1n) is 12.3. The van der Waals surface area contributed by atoms with Gasteiger partial charge < -0.3 is 14.9 Å². The number of halogens is 2. The fourth-order valence-electron chi connectivity index (χ4n) is 7.59. The van der Waals surface area contributed by atoms with Gasteiger partial charge in [0.1, 0.15) is 11.8 Å². The second-order valence-electron chi connectivity index (χ2n) is 12.5. The lowest BCUT2D eigenvalue weighted by Crippen LogP contribution is -2.70. The average molecular weight is 495 g/mol. The zero-order valence-corrected chi connectivity index (χ0v) is 21.2. The van der Waals surface area contributed by atoms with Gasteiger partial charge in [0.05, 0.1) is 11.5 Å². The summed E-state index contributed by atoms with van der Waals surface area (Å²) >= 11 is 0. The van der Waals surface area contributed by atoms with Crippen molar-refractivity contribution < 1.29 is 38.1 Å². The molecule has 0 aromatic carbocycles. The minimum atomic E-state index is -2.28. The number of hydrogen-bond acceptors (Lipinski definition) is 6. The van der Waals surface area contributed by atoms with E-state index in [1.807, 2.05) is 0 Å². The van der Waals surface area contributed by atoms with Crippen molar-refractivity contribution in [3.05, 3.63) is 23.8 Å². The molecule has 4 rings (SSSR count). The molecule has 3 saturated carbocycles. The maximum absolute atomic E-state index is 17.1. The molecular weight excluding hydrogens is 458 g/mol. The van der Waals surface area contributed by atoms with Crippen molar-refractivity contribution in [2.75, 3.05) is 6.61 Å². The molecule has 0 aliphatic heterocycles. The normalized spacial score (nSPS) is 46.9. The van der Waals surface area contributed by atoms with Crippen molar-refractivity contribution in [3.8, 4) is 0 Å². The number of aliphatic hydroxyl groups excluding tert-OH is 1. The highest BCUT2D eigenvalue weighted by atomic mass is 19.1. The molecule has 35 heavy (non-hydrogen) atoms. The number of allylic oxidation sites excluding steroid dienone is 4. The van der Waals surface area contributed by atoms with E-state index in [1.165, 1.54) is 19.1 Å². The number of alkyl halides is 2. The molecule has 0 bridgehead atoms. The third-order valence-corrected chi connectivity index (χ3v) is 9.58. The van der Waals surface area contributed by atoms with Crippen molar-refractivity contribution in [2.24, 2.45) is 34.0 Å². The summed E-state index contributed by atoms with van der Waals surface area (Å²) in [4.78, 5) is 37.5. The molecule has 9 atom stereocenters. The summed E-state index contributed by atoms with van der Waals surface area (Å²) in [6, 6.07) is 0. The van der Waals surface area contributed by atoms with Crippen LogP contribution in [0.4, 0.5) is 8.78 Å². The van der Waals surface area contributed by atoms with Gasteiger partial charge in [0.25, 0.3) is 0 Å². The smallest absolute Gasteiger partial charge is 0.311 e. The summed E-state index contributed by atoms with van der Waals surface area (Å²) in [5.74, 6) is -3.94. The van der Waals surface area contributed by atoms with Crippen LogP contribution in [0.1, 0.15) is 60.8 Å². The molecule has 4 aliphatic carbocycles. The topological polar surface area (TPSA) is 101 Å². The highest BCUT2D eigenvalue weighted by molar-refractivity contribution is 6.01. The predicted molar refractivity (Wildman–Crippen MR) is 124 cm³/mol. The molecule has 3 unspecified atom stereocenters. The Bertz CT molecular complexity index is 1030. The van der Waals surface area contributed by atoms with E-state index in [1.54, 1.807) is 34.6 Å². The maximum atomic E-state index is 17.1. The minimum absolute atomic E-state index is 0.0258. The van der Waals surface area contributed by atoms with Gasteiger partial charge in [0.15, 0.2) is 18.1 Å². The van der Waals surface area contributed by atoms with Crippen LogP contribution in [-0.4, -0.2) is 57.9 Å². The first-order valence-corrected chi connectivity index (χ1v) is 12.3. The van der Waals surface area contributed by atoms with Crippen LogP contribution in [0.5, 0.6) is 0 Å². The molecule has 2 N–H and O–H groups in total. The fourth-order valence-corrected chi connectivity index (χ4v) is 7.59. The number of rotatable bonds is 3. The van der Waals surface area contributed by atoms with Crippen LogP contribution >= 0.6 is 0 Å². The fraction of sp³-hybridized carbons (Fsp3) is 0.741. The van der Waals surface area contributed by atoms with Crippen LogP contribution in [0.15, 0.2) is 23.8 Å². The van der Waals surface area contributed by atoms with Crippen molar-refractivity contribution in [3.63, 3.8) is 0 Å². The van der Waals surface area contributed by atoms with Crippen LogP contribution in [0.2, 0.25) is 0 Å². The van der Waals surface area contributed by atoms with E-state index >= 15 is 8.78 Å². The molecule has 8 heteroatoms. The summed E-state index contributed by atoms with van der Waals surface area (Å²) in [6.45, 7) is 9.15. The highest BCUT2D eigenvalue weighted by Gasteiger charge is 2.76. The molecule has 4 aliphatic rings. The lowest BCUT2D eigenvalue weighted by Gasteiger charge is -2.63. The van der Waals surface area contributed by atoms with Crippen LogP contribution < -0.4 is 0 Å². The molecule has 0 saturated heterocycles. The lowest BCUT2D eigenvalue weighted by atomic mass is 9.44. The summed E-state index contributed by atoms with van der Waals surface area (Å²) < 4.78 is 37.8. The monoisotopic (exact) mass is 494 g/mol. The summed E-state index contributed by atoms with van der Waals surface area (Å²) in [7, 11) is 0. The van der Waals surface area contributed by atoms with Gasteiger partial charge in [-0.2, -0.15) is 0 Å². The first kappa shape index (κ1) is 26.1. The maximum Gasteiger partial charge on any atom is 0.311 e. The van der Waals surface area contributed by atoms with Crippen molar-refractivity contribution in [1.29, 1.82) is 0 Å². The number of ketones is 2. The van der Waals surface area contributed by atoms with Gasteiger partial charge in [0, 0.05) is 16.7 Å². The van der Waals surface area contributed by atoms with E-state index in [0.717, 1.165) is 6.08 Å². The second-order valence-corrected chi connectivity index (χ2v) is 12.5. The number of carbonyl (C=O) groups is 3. The number of fused-ring (bicyclic) bond motifs is 5. The van der Waals surface area contributed by atoms with Gasteiger partial charge in [-0.25, -0.2) is 8.78 Å². The van der Waals surface area contributed by atoms with Crippen molar-refractivity contribution >= 4 is 17.5 Å². The molecule has 0 heterocycles. The predicted octanol–water partition coefficient (Wildman–Crippen LogP) is 3.44. The highest BCUT2D eigenvalue weighted by Crippen LogP contribution is 2.70. The number of ether oxygens (including phenoxy) is 1. The van der Waals surface area contributed by atoms with Crippen LogP contribution in [-0.2, 0) is 19.1 Å². The SMILES string of the molecule is CC1C[C@@H]2[C@@H]3CC(F)C4=CC(=O)C=C[C@]4(C)[C@@]3(F)C(O)C[C@]2(C)[C@@]1(O)C(=O)COC(=O)C(C)(C)C. The summed E-state index contributed by atoms with van der Waals surface area (Å²) in [5.41, 5.74) is -7.87. The van der Waals surface area contributed by atoms with Gasteiger partial charge in [0.2, 0.25) is 5.78 Å². The number of carbonyl (C=O) groups excluding carboxylic acids is 3. The molecule has 0 aromatic rings. The lowest BCUT2D eigenvalue weighted by molar-refractivity contribution is -0.224. The zero-order valence-electron chi connectivity index (χ0n) is 21.2. The van der Waals surface area contributed by atoms with Crippen LogP contribution in [0, 0.1) is 34.0 Å². The first-order chi connectivity index (χ1) is 15.9. The average Bonchev–Trinajstić information content (AvgIpc) is 2.96. The van der Waals surface area contributed by atoms with Crippen LogP contribution in [0.3, 0.4) is 0 Å². The molecule has 3 fully saturated rings. The Kier molecular flexibility index (Phi) is 5.81. The molecule has 0 amide bonds. The van der Waals surface area contributed by atoms with Crippen molar-refractivity contribution in [2.45, 2.75) is 84.4 Å². The summed E-state index contributed by atoms with van der Waals surface area (Å²) in [5, 5.41) is 23.2. The van der Waals surface area contributed by atoms with E-state index in [-0.39, 0.29) is 24.8 Å². The number of Topliss-reactive ketones (excluding diaryl/α,β-unsaturated/α-hetero) is 1. The minimum Gasteiger partial charge on any atom is -0.457 e. The van der Waals surface area contributed by atoms with Crippen molar-refractivity contribution in [1.82, 2.24) is 0 Å². The molecule has 0 radical (unpaired) electrons. The number of aliphatic hydroxyl groups is 2.